The van der Waals surface area contributed by atoms with Crippen LogP contribution in [-0.2, 0) is 0 Å². The Labute approximate surface area is 118 Å². The zero-order chi connectivity index (χ0) is 14.8. The maximum absolute atomic E-state index is 11.2. The third-order valence-electron chi connectivity index (χ3n) is 3.36. The molecule has 6 nitrogen and oxygen atoms in total. The molecule has 1 aromatic rings. The van der Waals surface area contributed by atoms with Gasteiger partial charge in [0.25, 0.3) is 5.69 Å². The summed E-state index contributed by atoms with van der Waals surface area (Å²) >= 11 is 0. The first-order valence-corrected chi connectivity index (χ1v) is 6.86. The Bertz CT molecular complexity index is 491. The summed E-state index contributed by atoms with van der Waals surface area (Å²) in [6, 6.07) is 5.22. The molecule has 0 saturated carbocycles. The van der Waals surface area contributed by atoms with Crippen molar-refractivity contribution in [1.82, 2.24) is 0 Å². The lowest BCUT2D eigenvalue weighted by molar-refractivity contribution is -0.383. The minimum atomic E-state index is -0.915. The number of aliphatic hydroxyl groups is 1. The molecule has 1 fully saturated rings. The Hall–Kier alpha value is -1.82. The van der Waals surface area contributed by atoms with Crippen LogP contribution in [0.4, 0.5) is 17.1 Å². The lowest BCUT2D eigenvalue weighted by Gasteiger charge is -2.20. The van der Waals surface area contributed by atoms with E-state index in [0.29, 0.717) is 5.69 Å². The Kier molecular flexibility index (Phi) is 4.13. The van der Waals surface area contributed by atoms with Crippen molar-refractivity contribution < 1.29 is 10.0 Å². The highest BCUT2D eigenvalue weighted by Crippen LogP contribution is 2.31. The Morgan fingerprint density at radius 3 is 2.60 bits per heavy atom. The van der Waals surface area contributed by atoms with E-state index >= 15 is 0 Å². The molecule has 2 rings (SSSR count). The van der Waals surface area contributed by atoms with Crippen LogP contribution < -0.4 is 10.2 Å². The van der Waals surface area contributed by atoms with E-state index < -0.39 is 5.60 Å². The number of rotatable bonds is 5. The molecule has 1 aliphatic rings. The standard InChI is InChI=1S/C14H21N3O3/c1-14(2,18)10-15-12-6-5-11(9-13(12)17(19)20)16-7-3-4-8-16/h5-6,9,15,18H,3-4,7-8,10H2,1-2H3. The SMILES string of the molecule is CC(C)(O)CNc1ccc(N2CCCC2)cc1[N+](=O)[O-]. The average Bonchev–Trinajstić information content (AvgIpc) is 2.89. The summed E-state index contributed by atoms with van der Waals surface area (Å²) in [4.78, 5) is 13.0. The van der Waals surface area contributed by atoms with Gasteiger partial charge < -0.3 is 15.3 Å². The van der Waals surface area contributed by atoms with Crippen LogP contribution in [-0.4, -0.2) is 35.3 Å². The minimum Gasteiger partial charge on any atom is -0.389 e. The number of nitro benzene ring substituents is 1. The van der Waals surface area contributed by atoms with E-state index in [4.69, 9.17) is 0 Å². The van der Waals surface area contributed by atoms with Crippen molar-refractivity contribution in [2.75, 3.05) is 29.9 Å². The lowest BCUT2D eigenvalue weighted by Crippen LogP contribution is -2.29. The summed E-state index contributed by atoms with van der Waals surface area (Å²) in [5.74, 6) is 0. The summed E-state index contributed by atoms with van der Waals surface area (Å²) in [6.07, 6.45) is 2.26. The largest absolute Gasteiger partial charge is 0.389 e. The van der Waals surface area contributed by atoms with Gasteiger partial charge in [-0.2, -0.15) is 0 Å². The van der Waals surface area contributed by atoms with E-state index in [0.717, 1.165) is 31.6 Å². The zero-order valence-electron chi connectivity index (χ0n) is 11.9. The van der Waals surface area contributed by atoms with E-state index in [9.17, 15) is 15.2 Å². The highest BCUT2D eigenvalue weighted by molar-refractivity contribution is 5.68. The number of nitro groups is 1. The van der Waals surface area contributed by atoms with Crippen molar-refractivity contribution in [1.29, 1.82) is 0 Å². The molecule has 1 heterocycles. The third-order valence-corrected chi connectivity index (χ3v) is 3.36. The molecule has 1 aromatic carbocycles. The Morgan fingerprint density at radius 1 is 1.40 bits per heavy atom. The first-order chi connectivity index (χ1) is 9.37. The van der Waals surface area contributed by atoms with Crippen molar-refractivity contribution in [3.8, 4) is 0 Å². The minimum absolute atomic E-state index is 0.0543. The van der Waals surface area contributed by atoms with Gasteiger partial charge in [0.05, 0.1) is 10.5 Å². The molecule has 1 aliphatic heterocycles. The van der Waals surface area contributed by atoms with Crippen molar-refractivity contribution in [2.45, 2.75) is 32.3 Å². The molecule has 0 aliphatic carbocycles. The van der Waals surface area contributed by atoms with E-state index in [1.54, 1.807) is 26.0 Å². The summed E-state index contributed by atoms with van der Waals surface area (Å²) in [7, 11) is 0. The number of nitrogens with zero attached hydrogens (tertiary/aromatic N) is 2. The molecule has 0 spiro atoms. The number of hydrogen-bond donors (Lipinski definition) is 2. The Balaban J connectivity index is 2.21. The van der Waals surface area contributed by atoms with Crippen LogP contribution in [0.3, 0.4) is 0 Å². The summed E-state index contributed by atoms with van der Waals surface area (Å²) in [6.45, 7) is 5.48. The highest BCUT2D eigenvalue weighted by atomic mass is 16.6. The fourth-order valence-corrected chi connectivity index (χ4v) is 2.30. The molecular weight excluding hydrogens is 258 g/mol. The van der Waals surface area contributed by atoms with Crippen molar-refractivity contribution in [3.63, 3.8) is 0 Å². The van der Waals surface area contributed by atoms with Gasteiger partial charge in [0, 0.05) is 31.4 Å². The van der Waals surface area contributed by atoms with E-state index in [1.807, 2.05) is 6.07 Å². The second kappa shape index (κ2) is 5.66. The van der Waals surface area contributed by atoms with Crippen LogP contribution in [0.5, 0.6) is 0 Å². The van der Waals surface area contributed by atoms with Gasteiger partial charge in [-0.05, 0) is 38.8 Å². The molecular formula is C14H21N3O3. The number of anilines is 2. The van der Waals surface area contributed by atoms with Crippen LogP contribution in [0.1, 0.15) is 26.7 Å². The van der Waals surface area contributed by atoms with Gasteiger partial charge in [0.2, 0.25) is 0 Å². The number of hydrogen-bond acceptors (Lipinski definition) is 5. The maximum atomic E-state index is 11.2. The Morgan fingerprint density at radius 2 is 2.05 bits per heavy atom. The summed E-state index contributed by atoms with van der Waals surface area (Å²) in [5.41, 5.74) is 0.475. The van der Waals surface area contributed by atoms with Crippen molar-refractivity contribution in [2.24, 2.45) is 0 Å². The third kappa shape index (κ3) is 3.60. The molecule has 0 aromatic heterocycles. The highest BCUT2D eigenvalue weighted by Gasteiger charge is 2.20. The predicted octanol–water partition coefficient (Wildman–Crippen LogP) is 2.38. The molecule has 0 atom stereocenters. The summed E-state index contributed by atoms with van der Waals surface area (Å²) < 4.78 is 0. The molecule has 6 heteroatoms. The monoisotopic (exact) mass is 279 g/mol. The van der Waals surface area contributed by atoms with Crippen LogP contribution in [0.15, 0.2) is 18.2 Å². The fraction of sp³-hybridized carbons (Fsp3) is 0.571. The van der Waals surface area contributed by atoms with Gasteiger partial charge in [0.15, 0.2) is 0 Å². The fourth-order valence-electron chi connectivity index (χ4n) is 2.30. The quantitative estimate of drug-likeness (QED) is 0.639. The molecule has 20 heavy (non-hydrogen) atoms. The average molecular weight is 279 g/mol. The molecule has 1 saturated heterocycles. The first kappa shape index (κ1) is 14.6. The van der Waals surface area contributed by atoms with Crippen LogP contribution in [0, 0.1) is 10.1 Å². The number of benzene rings is 1. The van der Waals surface area contributed by atoms with Crippen LogP contribution >= 0.6 is 0 Å². The first-order valence-electron chi connectivity index (χ1n) is 6.86. The molecule has 2 N–H and O–H groups in total. The molecule has 110 valence electrons. The normalized spacial score (nSPS) is 15.4. The summed E-state index contributed by atoms with van der Waals surface area (Å²) in [5, 5.41) is 23.8. The van der Waals surface area contributed by atoms with Crippen molar-refractivity contribution in [3.05, 3.63) is 28.3 Å². The van der Waals surface area contributed by atoms with Crippen LogP contribution in [0.25, 0.3) is 0 Å². The molecule has 0 amide bonds. The van der Waals surface area contributed by atoms with Crippen molar-refractivity contribution >= 4 is 17.1 Å². The van der Waals surface area contributed by atoms with E-state index in [1.165, 1.54) is 0 Å². The van der Waals surface area contributed by atoms with E-state index in [-0.39, 0.29) is 17.2 Å². The van der Waals surface area contributed by atoms with Gasteiger partial charge in [-0.3, -0.25) is 10.1 Å². The number of nitrogens with one attached hydrogen (secondary N) is 1. The van der Waals surface area contributed by atoms with Gasteiger partial charge in [-0.25, -0.2) is 0 Å². The second-order valence-corrected chi connectivity index (χ2v) is 5.82. The molecule has 0 radical (unpaired) electrons. The second-order valence-electron chi connectivity index (χ2n) is 5.82. The van der Waals surface area contributed by atoms with Gasteiger partial charge >= 0.3 is 0 Å². The smallest absolute Gasteiger partial charge is 0.294 e. The molecule has 0 unspecified atom stereocenters. The van der Waals surface area contributed by atoms with Gasteiger partial charge in [-0.1, -0.05) is 0 Å². The zero-order valence-corrected chi connectivity index (χ0v) is 11.9. The topological polar surface area (TPSA) is 78.6 Å². The van der Waals surface area contributed by atoms with Crippen LogP contribution in [0.2, 0.25) is 0 Å². The molecule has 0 bridgehead atoms. The maximum Gasteiger partial charge on any atom is 0.294 e. The van der Waals surface area contributed by atoms with Gasteiger partial charge in [-0.15, -0.1) is 0 Å². The van der Waals surface area contributed by atoms with Gasteiger partial charge in [0.1, 0.15) is 5.69 Å². The predicted molar refractivity (Wildman–Crippen MR) is 79.3 cm³/mol. The lowest BCUT2D eigenvalue weighted by atomic mass is 10.1. The van der Waals surface area contributed by atoms with E-state index in [2.05, 4.69) is 10.2 Å².